The molecule has 5 rings (SSSR count). The number of hydrogen-bond donors (Lipinski definition) is 1. The summed E-state index contributed by atoms with van der Waals surface area (Å²) in [6, 6.07) is 5.37. The standard InChI is InChI=1S/C23H34N2O5S/c1-15(2)31(27,28)24-19-11-12-25-20(19)13-29-18-9-7-17(8-10-18)23-16(3)5-4-6-21(23)30-14-22(25)26/h4-6,15,17-20,24H,7-14H2,1-3H3/t17-,18+,19?,20?. The smallest absolute Gasteiger partial charge is 0.260 e. The Labute approximate surface area is 185 Å². The van der Waals surface area contributed by atoms with Crippen LogP contribution in [0.25, 0.3) is 0 Å². The van der Waals surface area contributed by atoms with E-state index in [0.717, 1.165) is 31.4 Å². The van der Waals surface area contributed by atoms with Crippen molar-refractivity contribution in [3.05, 3.63) is 29.3 Å². The van der Waals surface area contributed by atoms with Gasteiger partial charge in [-0.25, -0.2) is 13.1 Å². The number of rotatable bonds is 3. The van der Waals surface area contributed by atoms with E-state index in [4.69, 9.17) is 9.47 Å². The summed E-state index contributed by atoms with van der Waals surface area (Å²) in [5.41, 5.74) is 2.42. The van der Waals surface area contributed by atoms with Crippen molar-refractivity contribution in [1.29, 1.82) is 0 Å². The van der Waals surface area contributed by atoms with E-state index < -0.39 is 15.3 Å². The van der Waals surface area contributed by atoms with Crippen LogP contribution in [0.2, 0.25) is 0 Å². The molecule has 2 unspecified atom stereocenters. The zero-order valence-electron chi connectivity index (χ0n) is 18.7. The molecule has 0 spiro atoms. The number of hydrogen-bond acceptors (Lipinski definition) is 5. The van der Waals surface area contributed by atoms with Crippen molar-refractivity contribution in [3.63, 3.8) is 0 Å². The molecule has 8 heteroatoms. The molecule has 3 heterocycles. The summed E-state index contributed by atoms with van der Waals surface area (Å²) in [7, 11) is -3.44. The van der Waals surface area contributed by atoms with Crippen LogP contribution in [-0.2, 0) is 19.6 Å². The quantitative estimate of drug-likeness (QED) is 0.765. The highest BCUT2D eigenvalue weighted by Gasteiger charge is 2.40. The van der Waals surface area contributed by atoms with Gasteiger partial charge in [0, 0.05) is 18.2 Å². The Hall–Kier alpha value is -1.64. The number of nitrogens with zero attached hydrogens (tertiary/aromatic N) is 1. The minimum Gasteiger partial charge on any atom is -0.483 e. The fourth-order valence-electron chi connectivity index (χ4n) is 5.13. The Bertz CT molecular complexity index is 909. The maximum absolute atomic E-state index is 13.1. The second kappa shape index (κ2) is 9.08. The fourth-order valence-corrected chi connectivity index (χ4v) is 6.10. The van der Waals surface area contributed by atoms with Gasteiger partial charge in [-0.2, -0.15) is 0 Å². The average Bonchev–Trinajstić information content (AvgIpc) is 3.12. The van der Waals surface area contributed by atoms with Crippen LogP contribution in [0.4, 0.5) is 0 Å². The normalized spacial score (nSPS) is 29.5. The molecule has 31 heavy (non-hydrogen) atoms. The molecule has 7 nitrogen and oxygen atoms in total. The number of carbonyl (C=O) groups is 1. The van der Waals surface area contributed by atoms with Crippen LogP contribution in [0.5, 0.6) is 5.75 Å². The molecule has 1 saturated heterocycles. The van der Waals surface area contributed by atoms with E-state index in [2.05, 4.69) is 17.7 Å². The Morgan fingerprint density at radius 2 is 1.87 bits per heavy atom. The summed E-state index contributed by atoms with van der Waals surface area (Å²) in [5.74, 6) is 1.08. The van der Waals surface area contributed by atoms with E-state index in [9.17, 15) is 13.2 Å². The van der Waals surface area contributed by atoms with Gasteiger partial charge in [0.15, 0.2) is 6.61 Å². The third-order valence-corrected chi connectivity index (χ3v) is 8.90. The highest BCUT2D eigenvalue weighted by atomic mass is 32.2. The van der Waals surface area contributed by atoms with E-state index in [1.165, 1.54) is 11.1 Å². The number of nitrogens with one attached hydrogen (secondary N) is 1. The first-order valence-corrected chi connectivity index (χ1v) is 13.0. The molecular formula is C23H34N2O5S. The number of amides is 1. The van der Waals surface area contributed by atoms with Crippen LogP contribution in [0, 0.1) is 6.92 Å². The van der Waals surface area contributed by atoms with Crippen molar-refractivity contribution in [1.82, 2.24) is 9.62 Å². The van der Waals surface area contributed by atoms with Gasteiger partial charge < -0.3 is 14.4 Å². The van der Waals surface area contributed by atoms with Gasteiger partial charge in [-0.3, -0.25) is 4.79 Å². The van der Waals surface area contributed by atoms with Crippen LogP contribution < -0.4 is 9.46 Å². The molecule has 1 aromatic carbocycles. The van der Waals surface area contributed by atoms with E-state index in [1.807, 2.05) is 12.1 Å². The van der Waals surface area contributed by atoms with Crippen molar-refractivity contribution < 1.29 is 22.7 Å². The summed E-state index contributed by atoms with van der Waals surface area (Å²) in [6.07, 6.45) is 4.69. The molecule has 1 N–H and O–H groups in total. The molecule has 2 atom stereocenters. The van der Waals surface area contributed by atoms with Crippen LogP contribution in [-0.4, -0.2) is 62.4 Å². The maximum Gasteiger partial charge on any atom is 0.260 e. The Morgan fingerprint density at radius 3 is 2.58 bits per heavy atom. The Balaban J connectivity index is 1.60. The van der Waals surface area contributed by atoms with Gasteiger partial charge >= 0.3 is 0 Å². The monoisotopic (exact) mass is 450 g/mol. The molecule has 1 aromatic rings. The molecule has 0 aromatic heterocycles. The zero-order valence-corrected chi connectivity index (χ0v) is 19.5. The van der Waals surface area contributed by atoms with Crippen LogP contribution in [0.3, 0.4) is 0 Å². The lowest BCUT2D eigenvalue weighted by atomic mass is 9.80. The summed E-state index contributed by atoms with van der Waals surface area (Å²) in [5, 5.41) is -0.522. The van der Waals surface area contributed by atoms with Gasteiger partial charge in [-0.1, -0.05) is 12.1 Å². The van der Waals surface area contributed by atoms with Crippen LogP contribution in [0.15, 0.2) is 18.2 Å². The van der Waals surface area contributed by atoms with E-state index in [0.29, 0.717) is 25.5 Å². The third-order valence-electron chi connectivity index (χ3n) is 7.02. The number of sulfonamides is 1. The second-order valence-electron chi connectivity index (χ2n) is 9.34. The number of benzene rings is 1. The minimum absolute atomic E-state index is 0.0489. The van der Waals surface area contributed by atoms with Gasteiger partial charge in [-0.15, -0.1) is 0 Å². The number of fused-ring (bicyclic) bond motifs is 5. The third kappa shape index (κ3) is 4.76. The summed E-state index contributed by atoms with van der Waals surface area (Å²) >= 11 is 0. The molecule has 1 saturated carbocycles. The number of ether oxygens (including phenoxy) is 2. The molecule has 2 bridgehead atoms. The molecule has 3 aliphatic heterocycles. The summed E-state index contributed by atoms with van der Waals surface area (Å²) in [4.78, 5) is 14.8. The van der Waals surface area contributed by atoms with Crippen molar-refractivity contribution in [2.24, 2.45) is 0 Å². The summed E-state index contributed by atoms with van der Waals surface area (Å²) < 4.78 is 40.1. The first-order valence-electron chi connectivity index (χ1n) is 11.4. The van der Waals surface area contributed by atoms with Crippen molar-refractivity contribution in [3.8, 4) is 5.75 Å². The predicted octanol–water partition coefficient (Wildman–Crippen LogP) is 2.73. The first-order chi connectivity index (χ1) is 14.8. The van der Waals surface area contributed by atoms with E-state index in [1.54, 1.807) is 18.7 Å². The predicted molar refractivity (Wildman–Crippen MR) is 119 cm³/mol. The van der Waals surface area contributed by atoms with E-state index in [-0.39, 0.29) is 30.7 Å². The van der Waals surface area contributed by atoms with Gasteiger partial charge in [0.2, 0.25) is 10.0 Å². The maximum atomic E-state index is 13.1. The lowest BCUT2D eigenvalue weighted by Gasteiger charge is -2.32. The lowest BCUT2D eigenvalue weighted by Crippen LogP contribution is -2.51. The zero-order chi connectivity index (χ0) is 22.2. The molecule has 4 aliphatic rings. The second-order valence-corrected chi connectivity index (χ2v) is 11.6. The molecule has 0 radical (unpaired) electrons. The van der Waals surface area contributed by atoms with Crippen LogP contribution >= 0.6 is 0 Å². The van der Waals surface area contributed by atoms with Crippen molar-refractivity contribution in [2.75, 3.05) is 19.8 Å². The summed E-state index contributed by atoms with van der Waals surface area (Å²) in [6.45, 7) is 6.22. The minimum atomic E-state index is -3.44. The Kier molecular flexibility index (Phi) is 6.60. The SMILES string of the molecule is Cc1cccc2c1[C@H]1CC[C@H](CC1)OCC1C(NS(=O)(=O)C(C)C)CCN1C(=O)CO2. The van der Waals surface area contributed by atoms with E-state index >= 15 is 0 Å². The van der Waals surface area contributed by atoms with Gasteiger partial charge in [0.05, 0.1) is 24.0 Å². The molecule has 1 amide bonds. The average molecular weight is 451 g/mol. The van der Waals surface area contributed by atoms with Gasteiger partial charge in [0.1, 0.15) is 5.75 Å². The first kappa shape index (κ1) is 22.6. The number of aryl methyl sites for hydroxylation is 1. The highest BCUT2D eigenvalue weighted by Crippen LogP contribution is 2.40. The van der Waals surface area contributed by atoms with Crippen molar-refractivity contribution in [2.45, 2.75) is 82.2 Å². The molecule has 1 aliphatic carbocycles. The largest absolute Gasteiger partial charge is 0.483 e. The number of carbonyl (C=O) groups excluding carboxylic acids is 1. The molecular weight excluding hydrogens is 416 g/mol. The van der Waals surface area contributed by atoms with Gasteiger partial charge in [-0.05, 0) is 70.4 Å². The van der Waals surface area contributed by atoms with Gasteiger partial charge in [0.25, 0.3) is 5.91 Å². The highest BCUT2D eigenvalue weighted by molar-refractivity contribution is 7.90. The topological polar surface area (TPSA) is 84.9 Å². The van der Waals surface area contributed by atoms with Crippen LogP contribution in [0.1, 0.15) is 63.0 Å². The van der Waals surface area contributed by atoms with Crippen molar-refractivity contribution >= 4 is 15.9 Å². The fraction of sp³-hybridized carbons (Fsp3) is 0.696. The molecule has 172 valence electrons. The lowest BCUT2D eigenvalue weighted by molar-refractivity contribution is -0.136. The Morgan fingerprint density at radius 1 is 1.13 bits per heavy atom. The molecule has 2 fully saturated rings.